The lowest BCUT2D eigenvalue weighted by atomic mass is 10.0. The highest BCUT2D eigenvalue weighted by molar-refractivity contribution is 5.76. The molecule has 0 radical (unpaired) electrons. The van der Waals surface area contributed by atoms with Crippen LogP contribution in [0.4, 0.5) is 18.9 Å². The average molecular weight is 271 g/mol. The van der Waals surface area contributed by atoms with E-state index < -0.39 is 12.6 Å². The van der Waals surface area contributed by atoms with E-state index in [9.17, 15) is 13.2 Å². The molecule has 0 unspecified atom stereocenters. The van der Waals surface area contributed by atoms with Crippen molar-refractivity contribution in [1.29, 1.82) is 0 Å². The predicted octanol–water partition coefficient (Wildman–Crippen LogP) is 4.81. The van der Waals surface area contributed by atoms with E-state index in [1.165, 1.54) is 0 Å². The summed E-state index contributed by atoms with van der Waals surface area (Å²) in [4.78, 5) is 1.88. The van der Waals surface area contributed by atoms with Gasteiger partial charge in [-0.1, -0.05) is 24.8 Å². The van der Waals surface area contributed by atoms with Gasteiger partial charge in [0.2, 0.25) is 0 Å². The molecule has 1 aromatic carbocycles. The van der Waals surface area contributed by atoms with Gasteiger partial charge in [0.1, 0.15) is 0 Å². The number of nitrogens with zero attached hydrogens (tertiary/aromatic N) is 1. The van der Waals surface area contributed by atoms with E-state index in [4.69, 9.17) is 0 Å². The second kappa shape index (κ2) is 6.13. The van der Waals surface area contributed by atoms with Crippen LogP contribution in [0, 0.1) is 6.92 Å². The van der Waals surface area contributed by atoms with Gasteiger partial charge in [-0.3, -0.25) is 0 Å². The molecule has 106 valence electrons. The molecule has 0 aliphatic rings. The van der Waals surface area contributed by atoms with Crippen LogP contribution in [0.15, 0.2) is 24.8 Å². The third kappa shape index (κ3) is 4.62. The van der Waals surface area contributed by atoms with Crippen molar-refractivity contribution >= 4 is 11.3 Å². The minimum Gasteiger partial charge on any atom is -0.374 e. The number of hydrogen-bond donors (Lipinski definition) is 0. The number of benzene rings is 1. The van der Waals surface area contributed by atoms with E-state index in [2.05, 4.69) is 6.58 Å². The molecule has 0 amide bonds. The van der Waals surface area contributed by atoms with E-state index in [-0.39, 0.29) is 6.42 Å². The number of halogens is 3. The van der Waals surface area contributed by atoms with Gasteiger partial charge >= 0.3 is 6.18 Å². The van der Waals surface area contributed by atoms with E-state index in [0.29, 0.717) is 6.54 Å². The number of aryl methyl sites for hydroxylation is 1. The number of anilines is 1. The third-order valence-electron chi connectivity index (χ3n) is 3.03. The first kappa shape index (κ1) is 15.6. The van der Waals surface area contributed by atoms with Crippen molar-refractivity contribution in [3.05, 3.63) is 35.9 Å². The van der Waals surface area contributed by atoms with Gasteiger partial charge in [0.25, 0.3) is 0 Å². The van der Waals surface area contributed by atoms with Crippen LogP contribution < -0.4 is 4.90 Å². The topological polar surface area (TPSA) is 3.24 Å². The molecule has 1 nitrogen and oxygen atoms in total. The minimum atomic E-state index is -4.08. The third-order valence-corrected chi connectivity index (χ3v) is 3.03. The molecule has 0 aliphatic carbocycles. The summed E-state index contributed by atoms with van der Waals surface area (Å²) in [7, 11) is 1.82. The van der Waals surface area contributed by atoms with Crippen LogP contribution in [0.3, 0.4) is 0 Å². The summed E-state index contributed by atoms with van der Waals surface area (Å²) in [6, 6.07) is 5.85. The van der Waals surface area contributed by atoms with E-state index in [1.807, 2.05) is 44.0 Å². The Labute approximate surface area is 112 Å². The van der Waals surface area contributed by atoms with Crippen LogP contribution in [0.1, 0.15) is 30.9 Å². The molecule has 0 N–H and O–H groups in total. The highest BCUT2D eigenvalue weighted by atomic mass is 19.4. The quantitative estimate of drug-likeness (QED) is 0.743. The maximum Gasteiger partial charge on any atom is 0.389 e. The summed E-state index contributed by atoms with van der Waals surface area (Å²) in [5.41, 5.74) is 3.93. The molecule has 0 bridgehead atoms. The maximum absolute atomic E-state index is 12.2. The van der Waals surface area contributed by atoms with Gasteiger partial charge in [0.05, 0.1) is 0 Å². The minimum absolute atomic E-state index is 0.101. The van der Waals surface area contributed by atoms with Gasteiger partial charge < -0.3 is 4.90 Å². The lowest BCUT2D eigenvalue weighted by Gasteiger charge is -2.25. The van der Waals surface area contributed by atoms with E-state index in [1.54, 1.807) is 0 Å². The molecule has 0 heterocycles. The Morgan fingerprint density at radius 2 is 1.95 bits per heavy atom. The second-order valence-electron chi connectivity index (χ2n) is 4.89. The standard InChI is InChI=1S/C15H20F3N/c1-11(2)13-8-5-7-12(3)14(13)19(4)10-6-9-15(16,17)18/h5,7-8H,1,6,9-10H2,2-4H3. The Morgan fingerprint density at radius 1 is 1.32 bits per heavy atom. The highest BCUT2D eigenvalue weighted by Gasteiger charge is 2.26. The molecular weight excluding hydrogens is 251 g/mol. The van der Waals surface area contributed by atoms with Crippen molar-refractivity contribution < 1.29 is 13.2 Å². The van der Waals surface area contributed by atoms with Gasteiger partial charge in [0, 0.05) is 31.3 Å². The van der Waals surface area contributed by atoms with Gasteiger partial charge in [0.15, 0.2) is 0 Å². The summed E-state index contributed by atoms with van der Waals surface area (Å²) in [5.74, 6) is 0. The number of para-hydroxylation sites is 1. The first-order valence-electron chi connectivity index (χ1n) is 6.26. The zero-order chi connectivity index (χ0) is 14.6. The monoisotopic (exact) mass is 271 g/mol. The van der Waals surface area contributed by atoms with Crippen LogP contribution in [-0.2, 0) is 0 Å². The Balaban J connectivity index is 2.82. The molecule has 1 rings (SSSR count). The molecule has 0 spiro atoms. The van der Waals surface area contributed by atoms with E-state index in [0.717, 1.165) is 22.4 Å². The Hall–Kier alpha value is -1.45. The average Bonchev–Trinajstić information content (AvgIpc) is 2.26. The predicted molar refractivity (Wildman–Crippen MR) is 74.4 cm³/mol. The van der Waals surface area contributed by atoms with Crippen LogP contribution in [-0.4, -0.2) is 19.8 Å². The van der Waals surface area contributed by atoms with Crippen molar-refractivity contribution in [2.75, 3.05) is 18.5 Å². The SMILES string of the molecule is C=C(C)c1cccc(C)c1N(C)CCCC(F)(F)F. The van der Waals surface area contributed by atoms with Gasteiger partial charge in [-0.15, -0.1) is 0 Å². The molecule has 0 aliphatic heterocycles. The number of rotatable bonds is 5. The number of allylic oxidation sites excluding steroid dienone is 1. The molecular formula is C15H20F3N. The zero-order valence-corrected chi connectivity index (χ0v) is 11.6. The zero-order valence-electron chi connectivity index (χ0n) is 11.6. The Kier molecular flexibility index (Phi) is 5.04. The van der Waals surface area contributed by atoms with Crippen LogP contribution in [0.25, 0.3) is 5.57 Å². The summed E-state index contributed by atoms with van der Waals surface area (Å²) < 4.78 is 36.5. The highest BCUT2D eigenvalue weighted by Crippen LogP contribution is 2.30. The summed E-state index contributed by atoms with van der Waals surface area (Å²) >= 11 is 0. The fraction of sp³-hybridized carbons (Fsp3) is 0.467. The van der Waals surface area contributed by atoms with Crippen LogP contribution in [0.5, 0.6) is 0 Å². The van der Waals surface area contributed by atoms with Crippen molar-refractivity contribution in [2.24, 2.45) is 0 Å². The molecule has 1 aromatic rings. The summed E-state index contributed by atoms with van der Waals surface area (Å²) in [5, 5.41) is 0. The van der Waals surface area contributed by atoms with Gasteiger partial charge in [-0.05, 0) is 31.4 Å². The molecule has 0 saturated heterocycles. The fourth-order valence-electron chi connectivity index (χ4n) is 2.14. The van der Waals surface area contributed by atoms with Crippen LogP contribution in [0.2, 0.25) is 0 Å². The van der Waals surface area contributed by atoms with Gasteiger partial charge in [-0.2, -0.15) is 13.2 Å². The van der Waals surface area contributed by atoms with E-state index >= 15 is 0 Å². The Morgan fingerprint density at radius 3 is 2.47 bits per heavy atom. The molecule has 19 heavy (non-hydrogen) atoms. The lowest BCUT2D eigenvalue weighted by molar-refractivity contribution is -0.135. The molecule has 0 saturated carbocycles. The lowest BCUT2D eigenvalue weighted by Crippen LogP contribution is -2.22. The number of alkyl halides is 3. The second-order valence-corrected chi connectivity index (χ2v) is 4.89. The first-order chi connectivity index (χ1) is 8.72. The maximum atomic E-state index is 12.2. The largest absolute Gasteiger partial charge is 0.389 e. The smallest absolute Gasteiger partial charge is 0.374 e. The van der Waals surface area contributed by atoms with Crippen molar-refractivity contribution in [2.45, 2.75) is 32.9 Å². The fourth-order valence-corrected chi connectivity index (χ4v) is 2.14. The molecule has 0 aromatic heterocycles. The number of hydrogen-bond acceptors (Lipinski definition) is 1. The molecule has 0 fully saturated rings. The molecule has 0 atom stereocenters. The Bertz CT molecular complexity index is 449. The summed E-state index contributed by atoms with van der Waals surface area (Å²) in [6.07, 6.45) is -4.72. The van der Waals surface area contributed by atoms with Crippen molar-refractivity contribution in [1.82, 2.24) is 0 Å². The molecule has 4 heteroatoms. The van der Waals surface area contributed by atoms with Crippen molar-refractivity contribution in [3.63, 3.8) is 0 Å². The van der Waals surface area contributed by atoms with Gasteiger partial charge in [-0.25, -0.2) is 0 Å². The van der Waals surface area contributed by atoms with Crippen LogP contribution >= 0.6 is 0 Å². The first-order valence-corrected chi connectivity index (χ1v) is 6.26. The van der Waals surface area contributed by atoms with Crippen molar-refractivity contribution in [3.8, 4) is 0 Å². The normalized spacial score (nSPS) is 11.5. The summed E-state index contributed by atoms with van der Waals surface area (Å²) in [6.45, 7) is 8.17.